The molecule has 120 valence electrons. The van der Waals surface area contributed by atoms with E-state index in [2.05, 4.69) is 21.0 Å². The second-order valence-electron chi connectivity index (χ2n) is 5.73. The van der Waals surface area contributed by atoms with Crippen molar-refractivity contribution in [3.8, 4) is 33.5 Å². The van der Waals surface area contributed by atoms with Gasteiger partial charge >= 0.3 is 0 Å². The summed E-state index contributed by atoms with van der Waals surface area (Å²) in [4.78, 5) is 17.3. The molecule has 0 radical (unpaired) electrons. The molecule has 4 heteroatoms. The van der Waals surface area contributed by atoms with E-state index in [1.165, 1.54) is 0 Å². The van der Waals surface area contributed by atoms with Gasteiger partial charge in [0.1, 0.15) is 0 Å². The van der Waals surface area contributed by atoms with E-state index in [1.54, 1.807) is 37.2 Å². The zero-order valence-electron chi connectivity index (χ0n) is 13.8. The lowest BCUT2D eigenvalue weighted by Gasteiger charge is -2.14. The summed E-state index contributed by atoms with van der Waals surface area (Å²) in [6, 6.07) is 14.2. The van der Waals surface area contributed by atoms with Crippen molar-refractivity contribution in [1.29, 1.82) is 0 Å². The van der Waals surface area contributed by atoms with Crippen LogP contribution < -0.4 is 0 Å². The summed E-state index contributed by atoms with van der Waals surface area (Å²) in [6.07, 6.45) is 10.8. The topological polar surface area (TPSA) is 51.6 Å². The minimum absolute atomic E-state index is 0.948. The number of aromatic nitrogens is 4. The van der Waals surface area contributed by atoms with Gasteiger partial charge in [-0.25, -0.2) is 0 Å². The standard InChI is InChI=1S/C21H16N4/c1-15-19(16-2-8-22-9-3-16)14-20(17-4-10-23-11-5-17)21(25-15)18-6-12-24-13-7-18/h2-14H,1H3. The van der Waals surface area contributed by atoms with Gasteiger partial charge in [-0.05, 0) is 60.5 Å². The molecular weight excluding hydrogens is 308 g/mol. The number of hydrogen-bond acceptors (Lipinski definition) is 4. The van der Waals surface area contributed by atoms with Crippen molar-refractivity contribution >= 4 is 0 Å². The fraction of sp³-hybridized carbons (Fsp3) is 0.0476. The van der Waals surface area contributed by atoms with Crippen LogP contribution in [0, 0.1) is 6.92 Å². The molecule has 4 aromatic heterocycles. The third-order valence-corrected chi connectivity index (χ3v) is 4.15. The fourth-order valence-electron chi connectivity index (χ4n) is 2.91. The Kier molecular flexibility index (Phi) is 4.01. The molecule has 25 heavy (non-hydrogen) atoms. The molecule has 0 aliphatic carbocycles. The molecule has 0 aliphatic rings. The van der Waals surface area contributed by atoms with E-state index in [0.29, 0.717) is 0 Å². The van der Waals surface area contributed by atoms with Crippen LogP contribution in [0.25, 0.3) is 33.5 Å². The molecule has 0 amide bonds. The maximum atomic E-state index is 4.93. The molecule has 0 spiro atoms. The van der Waals surface area contributed by atoms with Crippen LogP contribution in [0.5, 0.6) is 0 Å². The van der Waals surface area contributed by atoms with E-state index in [0.717, 1.165) is 39.2 Å². The Balaban J connectivity index is 1.98. The monoisotopic (exact) mass is 324 g/mol. The van der Waals surface area contributed by atoms with Crippen LogP contribution in [-0.4, -0.2) is 19.9 Å². The normalized spacial score (nSPS) is 10.6. The molecule has 0 aromatic carbocycles. The Hall–Kier alpha value is -3.40. The van der Waals surface area contributed by atoms with Gasteiger partial charge in [0.25, 0.3) is 0 Å². The quantitative estimate of drug-likeness (QED) is 0.553. The van der Waals surface area contributed by atoms with Gasteiger partial charge in [0, 0.05) is 59.6 Å². The molecular formula is C21H16N4. The van der Waals surface area contributed by atoms with Crippen LogP contribution in [-0.2, 0) is 0 Å². The van der Waals surface area contributed by atoms with E-state index in [1.807, 2.05) is 43.3 Å². The molecule has 4 rings (SSSR count). The summed E-state index contributed by atoms with van der Waals surface area (Å²) >= 11 is 0. The van der Waals surface area contributed by atoms with Gasteiger partial charge in [-0.15, -0.1) is 0 Å². The highest BCUT2D eigenvalue weighted by molar-refractivity contribution is 5.84. The number of pyridine rings is 4. The van der Waals surface area contributed by atoms with E-state index in [4.69, 9.17) is 4.98 Å². The first-order valence-electron chi connectivity index (χ1n) is 8.06. The van der Waals surface area contributed by atoms with E-state index in [-0.39, 0.29) is 0 Å². The molecule has 0 saturated carbocycles. The summed E-state index contributed by atoms with van der Waals surface area (Å²) in [5.74, 6) is 0. The van der Waals surface area contributed by atoms with Crippen LogP contribution in [0.3, 0.4) is 0 Å². The zero-order valence-corrected chi connectivity index (χ0v) is 13.8. The first-order valence-corrected chi connectivity index (χ1v) is 8.06. The van der Waals surface area contributed by atoms with Crippen LogP contribution >= 0.6 is 0 Å². The molecule has 0 fully saturated rings. The van der Waals surface area contributed by atoms with Gasteiger partial charge in [-0.1, -0.05) is 0 Å². The van der Waals surface area contributed by atoms with E-state index in [9.17, 15) is 0 Å². The number of hydrogen-bond donors (Lipinski definition) is 0. The summed E-state index contributed by atoms with van der Waals surface area (Å²) in [7, 11) is 0. The summed E-state index contributed by atoms with van der Waals surface area (Å²) < 4.78 is 0. The Morgan fingerprint density at radius 3 is 1.52 bits per heavy atom. The summed E-state index contributed by atoms with van der Waals surface area (Å²) in [5, 5.41) is 0. The number of rotatable bonds is 3. The average Bonchev–Trinajstić information content (AvgIpc) is 2.70. The molecule has 4 heterocycles. The van der Waals surface area contributed by atoms with Crippen LogP contribution in [0.1, 0.15) is 5.69 Å². The van der Waals surface area contributed by atoms with Crippen molar-refractivity contribution in [3.63, 3.8) is 0 Å². The second-order valence-corrected chi connectivity index (χ2v) is 5.73. The molecule has 0 atom stereocenters. The van der Waals surface area contributed by atoms with Crippen molar-refractivity contribution in [2.75, 3.05) is 0 Å². The Morgan fingerprint density at radius 1 is 0.560 bits per heavy atom. The van der Waals surface area contributed by atoms with Crippen LogP contribution in [0.4, 0.5) is 0 Å². The van der Waals surface area contributed by atoms with Crippen molar-refractivity contribution in [2.24, 2.45) is 0 Å². The van der Waals surface area contributed by atoms with Crippen molar-refractivity contribution in [3.05, 3.63) is 85.3 Å². The smallest absolute Gasteiger partial charge is 0.0785 e. The second kappa shape index (κ2) is 6.61. The number of nitrogens with zero attached hydrogens (tertiary/aromatic N) is 4. The first-order chi connectivity index (χ1) is 12.3. The van der Waals surface area contributed by atoms with Crippen molar-refractivity contribution in [1.82, 2.24) is 19.9 Å². The van der Waals surface area contributed by atoms with Crippen molar-refractivity contribution < 1.29 is 0 Å². The van der Waals surface area contributed by atoms with Gasteiger partial charge in [-0.2, -0.15) is 0 Å². The summed E-state index contributed by atoms with van der Waals surface area (Å²) in [6.45, 7) is 2.04. The third kappa shape index (κ3) is 3.02. The highest BCUT2D eigenvalue weighted by atomic mass is 14.7. The van der Waals surface area contributed by atoms with Gasteiger partial charge < -0.3 is 0 Å². The predicted octanol–water partition coefficient (Wildman–Crippen LogP) is 4.58. The SMILES string of the molecule is Cc1nc(-c2ccncc2)c(-c2ccncc2)cc1-c1ccncc1. The van der Waals surface area contributed by atoms with Gasteiger partial charge in [0.05, 0.1) is 5.69 Å². The molecule has 0 saturated heterocycles. The lowest BCUT2D eigenvalue weighted by atomic mass is 9.95. The maximum absolute atomic E-state index is 4.93. The van der Waals surface area contributed by atoms with Crippen LogP contribution in [0.15, 0.2) is 79.6 Å². The minimum atomic E-state index is 0.948. The molecule has 0 unspecified atom stereocenters. The maximum Gasteiger partial charge on any atom is 0.0785 e. The molecule has 4 aromatic rings. The molecule has 0 aliphatic heterocycles. The lowest BCUT2D eigenvalue weighted by molar-refractivity contribution is 1.20. The highest BCUT2D eigenvalue weighted by Crippen LogP contribution is 2.35. The molecule has 0 bridgehead atoms. The highest BCUT2D eigenvalue weighted by Gasteiger charge is 2.14. The Bertz CT molecular complexity index is 984. The minimum Gasteiger partial charge on any atom is -0.265 e. The average molecular weight is 324 g/mol. The summed E-state index contributed by atoms with van der Waals surface area (Å²) in [5.41, 5.74) is 7.35. The van der Waals surface area contributed by atoms with E-state index >= 15 is 0 Å². The Labute approximate surface area is 146 Å². The zero-order chi connectivity index (χ0) is 17.1. The van der Waals surface area contributed by atoms with Gasteiger partial charge in [0.2, 0.25) is 0 Å². The largest absolute Gasteiger partial charge is 0.265 e. The fourth-order valence-corrected chi connectivity index (χ4v) is 2.91. The van der Waals surface area contributed by atoms with Gasteiger partial charge in [-0.3, -0.25) is 19.9 Å². The van der Waals surface area contributed by atoms with Gasteiger partial charge in [0.15, 0.2) is 0 Å². The molecule has 0 N–H and O–H groups in total. The lowest BCUT2D eigenvalue weighted by Crippen LogP contribution is -1.96. The molecule has 4 nitrogen and oxygen atoms in total. The van der Waals surface area contributed by atoms with Crippen molar-refractivity contribution in [2.45, 2.75) is 6.92 Å². The van der Waals surface area contributed by atoms with E-state index < -0.39 is 0 Å². The predicted molar refractivity (Wildman–Crippen MR) is 98.7 cm³/mol. The third-order valence-electron chi connectivity index (χ3n) is 4.15. The first kappa shape index (κ1) is 15.1. The Morgan fingerprint density at radius 2 is 1.00 bits per heavy atom. The number of aryl methyl sites for hydroxylation is 1. The van der Waals surface area contributed by atoms with Crippen LogP contribution in [0.2, 0.25) is 0 Å².